The smallest absolute Gasteiger partial charge is 0.307 e. The Morgan fingerprint density at radius 2 is 2.15 bits per heavy atom. The highest BCUT2D eigenvalue weighted by Crippen LogP contribution is 2.49. The number of carbonyl (C=O) groups is 2. The summed E-state index contributed by atoms with van der Waals surface area (Å²) < 4.78 is 4.58. The first-order valence-electron chi connectivity index (χ1n) is 6.64. The van der Waals surface area contributed by atoms with Crippen molar-refractivity contribution in [2.45, 2.75) is 31.7 Å². The van der Waals surface area contributed by atoms with E-state index in [-0.39, 0.29) is 36.2 Å². The molecule has 0 saturated heterocycles. The Labute approximate surface area is 123 Å². The molecule has 3 unspecified atom stereocenters. The van der Waals surface area contributed by atoms with E-state index in [2.05, 4.69) is 10.1 Å². The van der Waals surface area contributed by atoms with Crippen LogP contribution in [0.15, 0.2) is 24.3 Å². The zero-order valence-corrected chi connectivity index (χ0v) is 12.3. The van der Waals surface area contributed by atoms with Gasteiger partial charge in [0.1, 0.15) is 0 Å². The molecule has 1 fully saturated rings. The molecule has 5 heteroatoms. The Bertz CT molecular complexity index is 518. The fourth-order valence-electron chi connectivity index (χ4n) is 2.34. The van der Waals surface area contributed by atoms with Crippen LogP contribution in [0, 0.1) is 5.92 Å². The van der Waals surface area contributed by atoms with E-state index in [1.54, 1.807) is 6.92 Å². The van der Waals surface area contributed by atoms with Crippen molar-refractivity contribution in [3.8, 4) is 0 Å². The first-order chi connectivity index (χ1) is 9.52. The minimum absolute atomic E-state index is 0.0219. The van der Waals surface area contributed by atoms with Crippen LogP contribution in [0.5, 0.6) is 0 Å². The fourth-order valence-corrected chi connectivity index (χ4v) is 2.61. The number of ether oxygens (including phenoxy) is 1. The van der Waals surface area contributed by atoms with Gasteiger partial charge in [-0.2, -0.15) is 0 Å². The molecule has 1 saturated carbocycles. The van der Waals surface area contributed by atoms with E-state index in [9.17, 15) is 9.59 Å². The zero-order chi connectivity index (χ0) is 14.7. The first-order valence-corrected chi connectivity index (χ1v) is 7.02. The summed E-state index contributed by atoms with van der Waals surface area (Å²) in [4.78, 5) is 23.2. The molecule has 108 valence electrons. The topological polar surface area (TPSA) is 55.4 Å². The number of hydrogen-bond acceptors (Lipinski definition) is 3. The average Bonchev–Trinajstić information content (AvgIpc) is 3.19. The number of rotatable bonds is 5. The molecule has 0 bridgehead atoms. The van der Waals surface area contributed by atoms with Crippen LogP contribution in [0.1, 0.15) is 31.2 Å². The van der Waals surface area contributed by atoms with Crippen LogP contribution >= 0.6 is 11.6 Å². The van der Waals surface area contributed by atoms with Gasteiger partial charge in [-0.3, -0.25) is 9.59 Å². The van der Waals surface area contributed by atoms with Crippen molar-refractivity contribution in [2.24, 2.45) is 5.92 Å². The lowest BCUT2D eigenvalue weighted by atomic mass is 10.1. The highest BCUT2D eigenvalue weighted by atomic mass is 35.5. The summed E-state index contributed by atoms with van der Waals surface area (Å²) in [5, 5.41) is 3.55. The molecule has 1 aliphatic carbocycles. The maximum Gasteiger partial charge on any atom is 0.307 e. The first kappa shape index (κ1) is 14.9. The zero-order valence-electron chi connectivity index (χ0n) is 11.6. The van der Waals surface area contributed by atoms with Gasteiger partial charge in [-0.1, -0.05) is 29.8 Å². The molecule has 20 heavy (non-hydrogen) atoms. The van der Waals surface area contributed by atoms with E-state index in [1.165, 1.54) is 7.11 Å². The third kappa shape index (κ3) is 3.51. The van der Waals surface area contributed by atoms with Gasteiger partial charge in [0.25, 0.3) is 0 Å². The molecule has 1 N–H and O–H groups in total. The van der Waals surface area contributed by atoms with Crippen LogP contribution in [-0.4, -0.2) is 25.0 Å². The second-order valence-electron chi connectivity index (χ2n) is 5.16. The lowest BCUT2D eigenvalue weighted by Crippen LogP contribution is -2.35. The molecular weight excluding hydrogens is 278 g/mol. The molecule has 0 spiro atoms. The number of nitrogens with one attached hydrogen (secondary N) is 1. The highest BCUT2D eigenvalue weighted by molar-refractivity contribution is 6.31. The Balaban J connectivity index is 1.87. The summed E-state index contributed by atoms with van der Waals surface area (Å²) in [5.41, 5.74) is 1.02. The van der Waals surface area contributed by atoms with Crippen LogP contribution in [0.2, 0.25) is 5.02 Å². The minimum Gasteiger partial charge on any atom is -0.469 e. The van der Waals surface area contributed by atoms with Gasteiger partial charge < -0.3 is 10.1 Å². The van der Waals surface area contributed by atoms with E-state index in [0.29, 0.717) is 5.02 Å². The van der Waals surface area contributed by atoms with E-state index >= 15 is 0 Å². The Morgan fingerprint density at radius 1 is 1.45 bits per heavy atom. The molecule has 0 heterocycles. The van der Waals surface area contributed by atoms with Crippen molar-refractivity contribution >= 4 is 23.5 Å². The second-order valence-corrected chi connectivity index (χ2v) is 5.57. The fraction of sp³-hybridized carbons (Fsp3) is 0.467. The van der Waals surface area contributed by atoms with Gasteiger partial charge in [-0.25, -0.2) is 0 Å². The predicted molar refractivity (Wildman–Crippen MR) is 76.5 cm³/mol. The number of benzene rings is 1. The monoisotopic (exact) mass is 295 g/mol. The van der Waals surface area contributed by atoms with Crippen LogP contribution in [0.3, 0.4) is 0 Å². The molecular formula is C15H18ClNO3. The van der Waals surface area contributed by atoms with Crippen molar-refractivity contribution in [1.82, 2.24) is 5.32 Å². The van der Waals surface area contributed by atoms with E-state index in [0.717, 1.165) is 12.0 Å². The van der Waals surface area contributed by atoms with Crippen molar-refractivity contribution in [1.29, 1.82) is 0 Å². The van der Waals surface area contributed by atoms with Gasteiger partial charge in [0, 0.05) is 17.0 Å². The largest absolute Gasteiger partial charge is 0.469 e. The van der Waals surface area contributed by atoms with E-state index < -0.39 is 0 Å². The third-order valence-electron chi connectivity index (χ3n) is 3.52. The van der Waals surface area contributed by atoms with Gasteiger partial charge >= 0.3 is 5.97 Å². The van der Waals surface area contributed by atoms with Crippen LogP contribution in [0.25, 0.3) is 0 Å². The molecule has 3 atom stereocenters. The number of halogens is 1. The predicted octanol–water partition coefficient (Wildman–Crippen LogP) is 2.51. The van der Waals surface area contributed by atoms with Crippen molar-refractivity contribution in [2.75, 3.05) is 7.11 Å². The Morgan fingerprint density at radius 3 is 2.80 bits per heavy atom. The number of methoxy groups -OCH3 is 1. The van der Waals surface area contributed by atoms with Gasteiger partial charge in [-0.15, -0.1) is 0 Å². The molecule has 0 radical (unpaired) electrons. The molecule has 2 rings (SSSR count). The second kappa shape index (κ2) is 6.27. The third-order valence-corrected chi connectivity index (χ3v) is 3.87. The average molecular weight is 296 g/mol. The highest BCUT2D eigenvalue weighted by Gasteiger charge is 2.45. The minimum atomic E-state index is -0.323. The van der Waals surface area contributed by atoms with Gasteiger partial charge in [0.15, 0.2) is 0 Å². The Kier molecular flexibility index (Phi) is 4.65. The van der Waals surface area contributed by atoms with Crippen molar-refractivity contribution in [3.63, 3.8) is 0 Å². The summed E-state index contributed by atoms with van der Waals surface area (Å²) in [6.07, 6.45) is 0.992. The molecule has 0 aromatic heterocycles. The SMILES string of the molecule is COC(=O)CC(C)NC(=O)C1CC1c1ccccc1Cl. The number of carbonyl (C=O) groups excluding carboxylic acids is 2. The van der Waals surface area contributed by atoms with E-state index in [4.69, 9.17) is 11.6 Å². The quantitative estimate of drug-likeness (QED) is 0.849. The number of esters is 1. The summed E-state index contributed by atoms with van der Waals surface area (Å²) in [6, 6.07) is 7.38. The molecule has 0 aliphatic heterocycles. The molecule has 1 aliphatic rings. The maximum absolute atomic E-state index is 12.1. The summed E-state index contributed by atoms with van der Waals surface area (Å²) in [5.74, 6) is -0.202. The lowest BCUT2D eigenvalue weighted by Gasteiger charge is -2.12. The van der Waals surface area contributed by atoms with Gasteiger partial charge in [-0.05, 0) is 30.9 Å². The summed E-state index contributed by atoms with van der Waals surface area (Å²) >= 11 is 6.13. The number of amides is 1. The standard InChI is InChI=1S/C15H18ClNO3/c1-9(7-14(18)20-2)17-15(19)12-8-11(12)10-5-3-4-6-13(10)16/h3-6,9,11-12H,7-8H2,1-2H3,(H,17,19). The van der Waals surface area contributed by atoms with Crippen LogP contribution in [-0.2, 0) is 14.3 Å². The van der Waals surface area contributed by atoms with Crippen LogP contribution < -0.4 is 5.32 Å². The van der Waals surface area contributed by atoms with Crippen molar-refractivity contribution in [3.05, 3.63) is 34.9 Å². The van der Waals surface area contributed by atoms with Gasteiger partial charge in [0.2, 0.25) is 5.91 Å². The van der Waals surface area contributed by atoms with Crippen molar-refractivity contribution < 1.29 is 14.3 Å². The molecule has 1 aromatic rings. The molecule has 1 amide bonds. The number of hydrogen-bond donors (Lipinski definition) is 1. The summed E-state index contributed by atoms with van der Waals surface area (Å²) in [6.45, 7) is 1.79. The lowest BCUT2D eigenvalue weighted by molar-refractivity contribution is -0.141. The van der Waals surface area contributed by atoms with E-state index in [1.807, 2.05) is 24.3 Å². The molecule has 4 nitrogen and oxygen atoms in total. The van der Waals surface area contributed by atoms with Gasteiger partial charge in [0.05, 0.1) is 13.5 Å². The molecule has 1 aromatic carbocycles. The summed E-state index contributed by atoms with van der Waals surface area (Å²) in [7, 11) is 1.34. The normalized spacial score (nSPS) is 21.9. The maximum atomic E-state index is 12.1. The van der Waals surface area contributed by atoms with Crippen LogP contribution in [0.4, 0.5) is 0 Å². The Hall–Kier alpha value is -1.55.